The quantitative estimate of drug-likeness (QED) is 0.884. The Morgan fingerprint density at radius 1 is 1.15 bits per heavy atom. The number of pyridine rings is 1. The molecule has 0 fully saturated rings. The molecule has 0 aliphatic heterocycles. The molecular formula is C17H31N3. The topological polar surface area (TPSA) is 28.2 Å². The van der Waals surface area contributed by atoms with Crippen molar-refractivity contribution >= 4 is 5.82 Å². The number of hydrogen-bond acceptors (Lipinski definition) is 3. The Morgan fingerprint density at radius 3 is 2.25 bits per heavy atom. The molecule has 3 heteroatoms. The molecule has 1 rings (SSSR count). The first-order valence-corrected chi connectivity index (χ1v) is 7.51. The number of hydrogen-bond donors (Lipinski definition) is 1. The number of rotatable bonds is 5. The molecule has 3 nitrogen and oxygen atoms in total. The number of aromatic nitrogens is 1. The summed E-state index contributed by atoms with van der Waals surface area (Å²) in [5.41, 5.74) is 2.62. The monoisotopic (exact) mass is 277 g/mol. The predicted molar refractivity (Wildman–Crippen MR) is 88.3 cm³/mol. The molecule has 1 N–H and O–H groups in total. The van der Waals surface area contributed by atoms with E-state index in [1.807, 2.05) is 0 Å². The lowest BCUT2D eigenvalue weighted by Gasteiger charge is -2.36. The van der Waals surface area contributed by atoms with Crippen molar-refractivity contribution in [3.8, 4) is 0 Å². The van der Waals surface area contributed by atoms with Crippen molar-refractivity contribution in [2.75, 3.05) is 11.9 Å². The van der Waals surface area contributed by atoms with E-state index in [0.717, 1.165) is 24.5 Å². The van der Waals surface area contributed by atoms with Crippen LogP contribution >= 0.6 is 0 Å². The summed E-state index contributed by atoms with van der Waals surface area (Å²) in [6.07, 6.45) is 1.09. The maximum atomic E-state index is 4.69. The second-order valence-corrected chi connectivity index (χ2v) is 7.30. The lowest BCUT2D eigenvalue weighted by molar-refractivity contribution is 0.423. The molecule has 0 bridgehead atoms. The Hall–Kier alpha value is -1.09. The number of anilines is 1. The van der Waals surface area contributed by atoms with Gasteiger partial charge in [-0.2, -0.15) is 0 Å². The van der Waals surface area contributed by atoms with Crippen LogP contribution in [0.25, 0.3) is 0 Å². The van der Waals surface area contributed by atoms with Crippen LogP contribution in [0.5, 0.6) is 0 Å². The van der Waals surface area contributed by atoms with E-state index < -0.39 is 0 Å². The second kappa shape index (κ2) is 6.13. The van der Waals surface area contributed by atoms with E-state index in [2.05, 4.69) is 77.9 Å². The van der Waals surface area contributed by atoms with Crippen LogP contribution in [0.2, 0.25) is 0 Å². The summed E-state index contributed by atoms with van der Waals surface area (Å²) >= 11 is 0. The van der Waals surface area contributed by atoms with Crippen molar-refractivity contribution in [2.45, 2.75) is 72.5 Å². The summed E-state index contributed by atoms with van der Waals surface area (Å²) in [6.45, 7) is 16.2. The third kappa shape index (κ3) is 4.78. The van der Waals surface area contributed by atoms with Crippen LogP contribution in [-0.4, -0.2) is 23.1 Å². The van der Waals surface area contributed by atoms with E-state index in [9.17, 15) is 0 Å². The zero-order chi connectivity index (χ0) is 15.6. The van der Waals surface area contributed by atoms with Gasteiger partial charge < -0.3 is 10.2 Å². The van der Waals surface area contributed by atoms with Crippen LogP contribution in [-0.2, 0) is 6.54 Å². The first kappa shape index (κ1) is 17.0. The lowest BCUT2D eigenvalue weighted by atomic mass is 10.00. The highest BCUT2D eigenvalue weighted by molar-refractivity contribution is 5.44. The Kier molecular flexibility index (Phi) is 5.20. The fraction of sp³-hybridized carbons (Fsp3) is 0.706. The average molecular weight is 277 g/mol. The van der Waals surface area contributed by atoms with Gasteiger partial charge in [0.2, 0.25) is 0 Å². The Morgan fingerprint density at radius 2 is 1.75 bits per heavy atom. The van der Waals surface area contributed by atoms with Crippen LogP contribution in [0.3, 0.4) is 0 Å². The van der Waals surface area contributed by atoms with Gasteiger partial charge in [0, 0.05) is 30.4 Å². The van der Waals surface area contributed by atoms with Gasteiger partial charge in [0.25, 0.3) is 0 Å². The average Bonchev–Trinajstić information content (AvgIpc) is 2.34. The third-order valence-corrected chi connectivity index (χ3v) is 3.94. The van der Waals surface area contributed by atoms with Crippen LogP contribution in [0.4, 0.5) is 5.82 Å². The highest BCUT2D eigenvalue weighted by Gasteiger charge is 2.22. The first-order valence-electron chi connectivity index (χ1n) is 7.51. The molecule has 0 saturated carbocycles. The van der Waals surface area contributed by atoms with Crippen LogP contribution in [0.1, 0.15) is 59.2 Å². The SMILES string of the molecule is CCC(C)(C)N(C)c1cc(CNC(C)(C)C)cc(C)n1. The molecule has 0 spiro atoms. The van der Waals surface area contributed by atoms with Crippen LogP contribution < -0.4 is 10.2 Å². The van der Waals surface area contributed by atoms with E-state index in [-0.39, 0.29) is 11.1 Å². The molecule has 0 atom stereocenters. The van der Waals surface area contributed by atoms with E-state index in [4.69, 9.17) is 4.98 Å². The van der Waals surface area contributed by atoms with E-state index in [1.165, 1.54) is 5.56 Å². The number of nitrogens with zero attached hydrogens (tertiary/aromatic N) is 2. The Balaban J connectivity index is 2.97. The molecule has 0 radical (unpaired) electrons. The van der Waals surface area contributed by atoms with E-state index >= 15 is 0 Å². The molecule has 0 aliphatic carbocycles. The van der Waals surface area contributed by atoms with Gasteiger partial charge >= 0.3 is 0 Å². The zero-order valence-corrected chi connectivity index (χ0v) is 14.5. The summed E-state index contributed by atoms with van der Waals surface area (Å²) in [4.78, 5) is 6.97. The normalized spacial score (nSPS) is 12.6. The Bertz CT molecular complexity index is 444. The van der Waals surface area contributed by atoms with E-state index in [0.29, 0.717) is 0 Å². The standard InChI is InChI=1S/C17H31N3/c1-9-17(6,7)20(8)15-11-14(10-13(2)19-15)12-18-16(3,4)5/h10-11,18H,9,12H2,1-8H3. The van der Waals surface area contributed by atoms with Gasteiger partial charge in [0.05, 0.1) is 0 Å². The molecular weight excluding hydrogens is 246 g/mol. The second-order valence-electron chi connectivity index (χ2n) is 7.30. The van der Waals surface area contributed by atoms with Gasteiger partial charge in [0.1, 0.15) is 5.82 Å². The molecule has 1 heterocycles. The molecule has 0 unspecified atom stereocenters. The molecule has 0 aliphatic rings. The van der Waals surface area contributed by atoms with Crippen molar-refractivity contribution in [3.63, 3.8) is 0 Å². The minimum absolute atomic E-state index is 0.121. The third-order valence-electron chi connectivity index (χ3n) is 3.94. The smallest absolute Gasteiger partial charge is 0.129 e. The number of nitrogens with one attached hydrogen (secondary N) is 1. The summed E-state index contributed by atoms with van der Waals surface area (Å²) in [6, 6.07) is 4.36. The van der Waals surface area contributed by atoms with Crippen molar-refractivity contribution in [1.29, 1.82) is 0 Å². The fourth-order valence-electron chi connectivity index (χ4n) is 1.91. The number of aryl methyl sites for hydroxylation is 1. The van der Waals surface area contributed by atoms with Gasteiger partial charge in [-0.1, -0.05) is 6.92 Å². The van der Waals surface area contributed by atoms with Gasteiger partial charge in [-0.15, -0.1) is 0 Å². The minimum atomic E-state index is 0.121. The lowest BCUT2D eigenvalue weighted by Crippen LogP contribution is -2.41. The van der Waals surface area contributed by atoms with Crippen molar-refractivity contribution in [1.82, 2.24) is 10.3 Å². The minimum Gasteiger partial charge on any atom is -0.355 e. The maximum absolute atomic E-state index is 4.69. The molecule has 1 aromatic rings. The first-order chi connectivity index (χ1) is 9.05. The van der Waals surface area contributed by atoms with Crippen LogP contribution in [0.15, 0.2) is 12.1 Å². The highest BCUT2D eigenvalue weighted by atomic mass is 15.2. The summed E-state index contributed by atoms with van der Waals surface area (Å²) in [7, 11) is 2.13. The zero-order valence-electron chi connectivity index (χ0n) is 14.5. The van der Waals surface area contributed by atoms with E-state index in [1.54, 1.807) is 0 Å². The molecule has 114 valence electrons. The summed E-state index contributed by atoms with van der Waals surface area (Å²) in [5.74, 6) is 1.06. The molecule has 0 amide bonds. The molecule has 1 aromatic heterocycles. The fourth-order valence-corrected chi connectivity index (χ4v) is 1.91. The largest absolute Gasteiger partial charge is 0.355 e. The van der Waals surface area contributed by atoms with Crippen molar-refractivity contribution in [2.24, 2.45) is 0 Å². The molecule has 20 heavy (non-hydrogen) atoms. The van der Waals surface area contributed by atoms with Gasteiger partial charge in [0.15, 0.2) is 0 Å². The summed E-state index contributed by atoms with van der Waals surface area (Å²) in [5, 5.41) is 3.54. The van der Waals surface area contributed by atoms with Gasteiger partial charge in [-0.05, 0) is 65.7 Å². The summed E-state index contributed by atoms with van der Waals surface area (Å²) < 4.78 is 0. The van der Waals surface area contributed by atoms with Crippen molar-refractivity contribution < 1.29 is 0 Å². The highest BCUT2D eigenvalue weighted by Crippen LogP contribution is 2.24. The molecule has 0 aromatic carbocycles. The van der Waals surface area contributed by atoms with Gasteiger partial charge in [-0.25, -0.2) is 4.98 Å². The molecule has 0 saturated heterocycles. The van der Waals surface area contributed by atoms with Crippen LogP contribution in [0, 0.1) is 6.92 Å². The Labute approximate surface area is 124 Å². The maximum Gasteiger partial charge on any atom is 0.129 e. The van der Waals surface area contributed by atoms with Crippen molar-refractivity contribution in [3.05, 3.63) is 23.4 Å². The van der Waals surface area contributed by atoms with Gasteiger partial charge in [-0.3, -0.25) is 0 Å². The predicted octanol–water partition coefficient (Wildman–Crippen LogP) is 3.90.